The molecule has 4 heteroatoms. The summed E-state index contributed by atoms with van der Waals surface area (Å²) in [5.74, 6) is 0.770. The summed E-state index contributed by atoms with van der Waals surface area (Å²) in [6, 6.07) is 5.83. The van der Waals surface area contributed by atoms with Crippen LogP contribution in [0.25, 0.3) is 0 Å². The second kappa shape index (κ2) is 7.01. The third-order valence-electron chi connectivity index (χ3n) is 2.62. The number of hydrogen-bond donors (Lipinski definition) is 2. The van der Waals surface area contributed by atoms with E-state index in [2.05, 4.69) is 5.32 Å². The van der Waals surface area contributed by atoms with Gasteiger partial charge in [-0.15, -0.1) is 0 Å². The maximum Gasteiger partial charge on any atom is 0.223 e. The van der Waals surface area contributed by atoms with Gasteiger partial charge in [-0.2, -0.15) is 0 Å². The molecule has 1 aromatic rings. The molecule has 0 aliphatic carbocycles. The van der Waals surface area contributed by atoms with Gasteiger partial charge in [-0.25, -0.2) is 0 Å². The quantitative estimate of drug-likeness (QED) is 0.810. The number of nitrogens with two attached hydrogens (primary N) is 1. The predicted molar refractivity (Wildman–Crippen MR) is 72.6 cm³/mol. The lowest BCUT2D eigenvalue weighted by atomic mass is 10.1. The molecule has 0 saturated heterocycles. The van der Waals surface area contributed by atoms with Crippen molar-refractivity contribution in [3.05, 3.63) is 29.3 Å². The highest BCUT2D eigenvalue weighted by Gasteiger charge is 2.09. The van der Waals surface area contributed by atoms with E-state index in [0.29, 0.717) is 19.6 Å². The average Bonchev–Trinajstić information content (AvgIpc) is 2.31. The molecule has 0 aromatic heterocycles. The zero-order chi connectivity index (χ0) is 13.5. The molecule has 1 atom stereocenters. The molecule has 100 valence electrons. The van der Waals surface area contributed by atoms with Gasteiger partial charge in [-0.1, -0.05) is 17.7 Å². The lowest BCUT2D eigenvalue weighted by molar-refractivity contribution is -0.121. The molecule has 0 aliphatic heterocycles. The SMILES string of the molecule is CCNC(=O)CCOc1ccc(C)cc1[C@@H](C)N. The van der Waals surface area contributed by atoms with Crippen LogP contribution in [0.1, 0.15) is 37.4 Å². The number of hydrogen-bond acceptors (Lipinski definition) is 3. The van der Waals surface area contributed by atoms with E-state index in [9.17, 15) is 4.79 Å². The minimum atomic E-state index is -0.0793. The Kier molecular flexibility index (Phi) is 5.65. The van der Waals surface area contributed by atoms with E-state index in [4.69, 9.17) is 10.5 Å². The Morgan fingerprint density at radius 3 is 2.83 bits per heavy atom. The van der Waals surface area contributed by atoms with Crippen molar-refractivity contribution in [2.24, 2.45) is 5.73 Å². The maximum absolute atomic E-state index is 11.3. The zero-order valence-corrected chi connectivity index (χ0v) is 11.3. The van der Waals surface area contributed by atoms with Crippen molar-refractivity contribution in [2.75, 3.05) is 13.2 Å². The molecule has 1 aromatic carbocycles. The monoisotopic (exact) mass is 250 g/mol. The van der Waals surface area contributed by atoms with Crippen molar-refractivity contribution in [3.8, 4) is 5.75 Å². The third kappa shape index (κ3) is 4.37. The Bertz CT molecular complexity index is 403. The second-order valence-electron chi connectivity index (χ2n) is 4.38. The Labute approximate surface area is 109 Å². The maximum atomic E-state index is 11.3. The van der Waals surface area contributed by atoms with Gasteiger partial charge in [0.1, 0.15) is 5.75 Å². The number of benzene rings is 1. The summed E-state index contributed by atoms with van der Waals surface area (Å²) in [5.41, 5.74) is 8.03. The van der Waals surface area contributed by atoms with E-state index in [1.165, 1.54) is 0 Å². The van der Waals surface area contributed by atoms with Crippen LogP contribution in [0.4, 0.5) is 0 Å². The first-order chi connectivity index (χ1) is 8.54. The van der Waals surface area contributed by atoms with Crippen LogP contribution in [0.15, 0.2) is 18.2 Å². The minimum absolute atomic E-state index is 0.00644. The highest BCUT2D eigenvalue weighted by Crippen LogP contribution is 2.25. The van der Waals surface area contributed by atoms with Crippen molar-refractivity contribution < 1.29 is 9.53 Å². The van der Waals surface area contributed by atoms with Gasteiger partial charge in [0.15, 0.2) is 0 Å². The molecule has 0 aliphatic rings. The molecule has 0 radical (unpaired) electrons. The number of amides is 1. The number of nitrogens with one attached hydrogen (secondary N) is 1. The Morgan fingerprint density at radius 2 is 2.22 bits per heavy atom. The summed E-state index contributed by atoms with van der Waals surface area (Å²) in [7, 11) is 0. The molecule has 0 saturated carbocycles. The van der Waals surface area contributed by atoms with E-state index >= 15 is 0 Å². The zero-order valence-electron chi connectivity index (χ0n) is 11.3. The normalized spacial score (nSPS) is 12.0. The van der Waals surface area contributed by atoms with Crippen LogP contribution in [-0.4, -0.2) is 19.1 Å². The van der Waals surface area contributed by atoms with Crippen LogP contribution in [0.2, 0.25) is 0 Å². The Hall–Kier alpha value is -1.55. The van der Waals surface area contributed by atoms with Gasteiger partial charge < -0.3 is 15.8 Å². The van der Waals surface area contributed by atoms with Gasteiger partial charge in [0.2, 0.25) is 5.91 Å². The van der Waals surface area contributed by atoms with Crippen molar-refractivity contribution >= 4 is 5.91 Å². The highest BCUT2D eigenvalue weighted by atomic mass is 16.5. The number of carbonyl (C=O) groups is 1. The molecule has 1 rings (SSSR count). The second-order valence-corrected chi connectivity index (χ2v) is 4.38. The molecule has 4 nitrogen and oxygen atoms in total. The first-order valence-electron chi connectivity index (χ1n) is 6.30. The van der Waals surface area contributed by atoms with Crippen LogP contribution in [0.3, 0.4) is 0 Å². The minimum Gasteiger partial charge on any atom is -0.493 e. The van der Waals surface area contributed by atoms with E-state index in [-0.39, 0.29) is 11.9 Å². The van der Waals surface area contributed by atoms with E-state index in [0.717, 1.165) is 16.9 Å². The molecular formula is C14H22N2O2. The van der Waals surface area contributed by atoms with Crippen molar-refractivity contribution in [2.45, 2.75) is 33.2 Å². The molecule has 0 unspecified atom stereocenters. The Morgan fingerprint density at radius 1 is 1.50 bits per heavy atom. The third-order valence-corrected chi connectivity index (χ3v) is 2.62. The topological polar surface area (TPSA) is 64.3 Å². The summed E-state index contributed by atoms with van der Waals surface area (Å²) in [5, 5.41) is 2.73. The molecule has 0 bridgehead atoms. The van der Waals surface area contributed by atoms with Crippen LogP contribution in [0.5, 0.6) is 5.75 Å². The van der Waals surface area contributed by atoms with Crippen LogP contribution >= 0.6 is 0 Å². The van der Waals surface area contributed by atoms with Crippen molar-refractivity contribution in [1.82, 2.24) is 5.32 Å². The number of aryl methyl sites for hydroxylation is 1. The number of rotatable bonds is 6. The van der Waals surface area contributed by atoms with Crippen molar-refractivity contribution in [3.63, 3.8) is 0 Å². The standard InChI is InChI=1S/C14H22N2O2/c1-4-16-14(17)7-8-18-13-6-5-10(2)9-12(13)11(3)15/h5-6,9,11H,4,7-8,15H2,1-3H3,(H,16,17)/t11-/m1/s1. The largest absolute Gasteiger partial charge is 0.493 e. The van der Waals surface area contributed by atoms with Crippen LogP contribution < -0.4 is 15.8 Å². The summed E-state index contributed by atoms with van der Waals surface area (Å²) in [6.07, 6.45) is 0.361. The lowest BCUT2D eigenvalue weighted by Gasteiger charge is -2.14. The summed E-state index contributed by atoms with van der Waals surface area (Å²) < 4.78 is 5.63. The van der Waals surface area contributed by atoms with Gasteiger partial charge in [0.05, 0.1) is 13.0 Å². The van der Waals surface area contributed by atoms with Gasteiger partial charge >= 0.3 is 0 Å². The first kappa shape index (κ1) is 14.5. The molecular weight excluding hydrogens is 228 g/mol. The predicted octanol–water partition coefficient (Wildman–Crippen LogP) is 1.92. The summed E-state index contributed by atoms with van der Waals surface area (Å²) >= 11 is 0. The average molecular weight is 250 g/mol. The fraction of sp³-hybridized carbons (Fsp3) is 0.500. The summed E-state index contributed by atoms with van der Waals surface area (Å²) in [4.78, 5) is 11.3. The first-order valence-corrected chi connectivity index (χ1v) is 6.30. The van der Waals surface area contributed by atoms with Crippen molar-refractivity contribution in [1.29, 1.82) is 0 Å². The molecule has 18 heavy (non-hydrogen) atoms. The fourth-order valence-electron chi connectivity index (χ4n) is 1.69. The lowest BCUT2D eigenvalue weighted by Crippen LogP contribution is -2.24. The number of ether oxygens (including phenoxy) is 1. The fourth-order valence-corrected chi connectivity index (χ4v) is 1.69. The molecule has 0 heterocycles. The summed E-state index contributed by atoms with van der Waals surface area (Å²) in [6.45, 7) is 6.85. The molecule has 0 fully saturated rings. The number of carbonyl (C=O) groups excluding carboxylic acids is 1. The molecule has 0 spiro atoms. The van der Waals surface area contributed by atoms with Crippen LogP contribution in [-0.2, 0) is 4.79 Å². The Balaban J connectivity index is 2.59. The molecule has 1 amide bonds. The van der Waals surface area contributed by atoms with E-state index in [1.807, 2.05) is 39.0 Å². The molecule has 3 N–H and O–H groups in total. The van der Waals surface area contributed by atoms with E-state index < -0.39 is 0 Å². The van der Waals surface area contributed by atoms with E-state index in [1.54, 1.807) is 0 Å². The highest BCUT2D eigenvalue weighted by molar-refractivity contribution is 5.75. The van der Waals surface area contributed by atoms with Gasteiger partial charge in [0, 0.05) is 18.2 Å². The van der Waals surface area contributed by atoms with Crippen LogP contribution in [0, 0.1) is 6.92 Å². The van der Waals surface area contributed by atoms with Gasteiger partial charge in [-0.05, 0) is 26.8 Å². The van der Waals surface area contributed by atoms with Gasteiger partial charge in [-0.3, -0.25) is 4.79 Å². The van der Waals surface area contributed by atoms with Gasteiger partial charge in [0.25, 0.3) is 0 Å². The smallest absolute Gasteiger partial charge is 0.223 e.